The van der Waals surface area contributed by atoms with E-state index in [0.717, 1.165) is 32.5 Å². The third-order valence-corrected chi connectivity index (χ3v) is 2.61. The van der Waals surface area contributed by atoms with E-state index in [1.807, 2.05) is 25.0 Å². The van der Waals surface area contributed by atoms with Crippen LogP contribution < -0.4 is 5.32 Å². The van der Waals surface area contributed by atoms with Crippen molar-refractivity contribution < 1.29 is 4.74 Å². The fraction of sp³-hybridized carbons (Fsp3) is 0.750. The highest BCUT2D eigenvalue weighted by Gasteiger charge is 2.08. The van der Waals surface area contributed by atoms with Gasteiger partial charge in [-0.1, -0.05) is 6.92 Å². The van der Waals surface area contributed by atoms with Crippen molar-refractivity contribution in [2.45, 2.75) is 32.2 Å². The van der Waals surface area contributed by atoms with Gasteiger partial charge in [0.05, 0.1) is 6.20 Å². The second-order valence-corrected chi connectivity index (χ2v) is 4.11. The molecule has 0 radical (unpaired) electrons. The Morgan fingerprint density at radius 1 is 1.50 bits per heavy atom. The number of likely N-dealkylation sites (N-methyl/N-ethyl adjacent to an activating group) is 1. The summed E-state index contributed by atoms with van der Waals surface area (Å²) in [5, 5.41) is 7.49. The molecule has 1 atom stereocenters. The quantitative estimate of drug-likeness (QED) is 0.679. The molecule has 1 N–H and O–H groups in total. The average molecular weight is 225 g/mol. The van der Waals surface area contributed by atoms with Gasteiger partial charge in [-0.2, -0.15) is 5.10 Å². The van der Waals surface area contributed by atoms with E-state index in [2.05, 4.69) is 23.5 Å². The minimum absolute atomic E-state index is 0.473. The second-order valence-electron chi connectivity index (χ2n) is 4.11. The highest BCUT2D eigenvalue weighted by atomic mass is 16.5. The van der Waals surface area contributed by atoms with Crippen LogP contribution in [-0.2, 0) is 18.2 Å². The van der Waals surface area contributed by atoms with Crippen molar-refractivity contribution in [2.24, 2.45) is 7.05 Å². The van der Waals surface area contributed by atoms with E-state index in [-0.39, 0.29) is 0 Å². The van der Waals surface area contributed by atoms with Gasteiger partial charge in [-0.05, 0) is 31.9 Å². The third-order valence-electron chi connectivity index (χ3n) is 2.61. The normalized spacial score (nSPS) is 12.9. The molecule has 4 heteroatoms. The number of rotatable bonds is 8. The number of nitrogens with zero attached hydrogens (tertiary/aromatic N) is 2. The minimum Gasteiger partial charge on any atom is -0.381 e. The van der Waals surface area contributed by atoms with Crippen LogP contribution in [0.5, 0.6) is 0 Å². The summed E-state index contributed by atoms with van der Waals surface area (Å²) in [5.41, 5.74) is 1.28. The highest BCUT2D eigenvalue weighted by Crippen LogP contribution is 2.04. The monoisotopic (exact) mass is 225 g/mol. The summed E-state index contributed by atoms with van der Waals surface area (Å²) in [4.78, 5) is 0. The first-order chi connectivity index (χ1) is 7.76. The first-order valence-corrected chi connectivity index (χ1v) is 5.98. The van der Waals surface area contributed by atoms with E-state index in [0.29, 0.717) is 6.04 Å². The van der Waals surface area contributed by atoms with E-state index in [1.54, 1.807) is 0 Å². The molecule has 16 heavy (non-hydrogen) atoms. The maximum atomic E-state index is 5.50. The molecule has 0 aliphatic heterocycles. The van der Waals surface area contributed by atoms with Crippen LogP contribution in [-0.4, -0.2) is 36.1 Å². The van der Waals surface area contributed by atoms with Gasteiger partial charge in [-0.15, -0.1) is 0 Å². The van der Waals surface area contributed by atoms with Crippen molar-refractivity contribution in [1.82, 2.24) is 15.1 Å². The molecule has 0 saturated carbocycles. The largest absolute Gasteiger partial charge is 0.381 e. The molecule has 1 rings (SSSR count). The molecule has 0 aromatic carbocycles. The fourth-order valence-electron chi connectivity index (χ4n) is 1.68. The molecule has 92 valence electrons. The SMILES string of the molecule is CCCOCCC(Cc1cnn(C)c1)NC. The second kappa shape index (κ2) is 7.41. The summed E-state index contributed by atoms with van der Waals surface area (Å²) in [6, 6.07) is 0.473. The molecule has 0 amide bonds. The zero-order chi connectivity index (χ0) is 11.8. The summed E-state index contributed by atoms with van der Waals surface area (Å²) in [6.07, 6.45) is 7.15. The van der Waals surface area contributed by atoms with Gasteiger partial charge in [0.25, 0.3) is 0 Å². The molecule has 1 aromatic heterocycles. The van der Waals surface area contributed by atoms with Gasteiger partial charge in [0.2, 0.25) is 0 Å². The van der Waals surface area contributed by atoms with Crippen LogP contribution in [0.15, 0.2) is 12.4 Å². The van der Waals surface area contributed by atoms with Crippen molar-refractivity contribution >= 4 is 0 Å². The zero-order valence-corrected chi connectivity index (χ0v) is 10.6. The molecule has 0 fully saturated rings. The minimum atomic E-state index is 0.473. The van der Waals surface area contributed by atoms with Gasteiger partial charge in [0, 0.05) is 32.5 Å². The van der Waals surface area contributed by atoms with Crippen molar-refractivity contribution in [3.05, 3.63) is 18.0 Å². The standard InChI is InChI=1S/C12H23N3O/c1-4-6-16-7-5-12(13-2)8-11-9-14-15(3)10-11/h9-10,12-13H,4-8H2,1-3H3. The predicted octanol–water partition coefficient (Wildman–Crippen LogP) is 1.37. The lowest BCUT2D eigenvalue weighted by Gasteiger charge is -2.15. The van der Waals surface area contributed by atoms with Crippen LogP contribution in [0.25, 0.3) is 0 Å². The molecule has 0 spiro atoms. The maximum Gasteiger partial charge on any atom is 0.0522 e. The van der Waals surface area contributed by atoms with Gasteiger partial charge in [0.15, 0.2) is 0 Å². The highest BCUT2D eigenvalue weighted by molar-refractivity contribution is 5.05. The number of nitrogens with one attached hydrogen (secondary N) is 1. The third kappa shape index (κ3) is 4.77. The van der Waals surface area contributed by atoms with E-state index in [4.69, 9.17) is 4.74 Å². The summed E-state index contributed by atoms with van der Waals surface area (Å²) in [6.45, 7) is 3.83. The molecule has 0 saturated heterocycles. The summed E-state index contributed by atoms with van der Waals surface area (Å²) in [5.74, 6) is 0. The fourth-order valence-corrected chi connectivity index (χ4v) is 1.68. The predicted molar refractivity (Wildman–Crippen MR) is 65.5 cm³/mol. The number of aryl methyl sites for hydroxylation is 1. The smallest absolute Gasteiger partial charge is 0.0522 e. The molecular formula is C12H23N3O. The van der Waals surface area contributed by atoms with Crippen LogP contribution in [0.4, 0.5) is 0 Å². The van der Waals surface area contributed by atoms with Crippen LogP contribution in [0.3, 0.4) is 0 Å². The van der Waals surface area contributed by atoms with Crippen molar-refractivity contribution in [2.75, 3.05) is 20.3 Å². The van der Waals surface area contributed by atoms with Crippen LogP contribution in [0.2, 0.25) is 0 Å². The Balaban J connectivity index is 2.26. The lowest BCUT2D eigenvalue weighted by atomic mass is 10.1. The van der Waals surface area contributed by atoms with Crippen LogP contribution in [0, 0.1) is 0 Å². The zero-order valence-electron chi connectivity index (χ0n) is 10.6. The first kappa shape index (κ1) is 13.2. The Labute approximate surface area is 98.0 Å². The van der Waals surface area contributed by atoms with Crippen molar-refractivity contribution in [3.8, 4) is 0 Å². The maximum absolute atomic E-state index is 5.50. The summed E-state index contributed by atoms with van der Waals surface area (Å²) >= 11 is 0. The topological polar surface area (TPSA) is 39.1 Å². The number of hydrogen-bond acceptors (Lipinski definition) is 3. The Morgan fingerprint density at radius 2 is 2.31 bits per heavy atom. The lowest BCUT2D eigenvalue weighted by molar-refractivity contribution is 0.125. The number of hydrogen-bond donors (Lipinski definition) is 1. The van der Waals surface area contributed by atoms with Gasteiger partial charge in [-0.3, -0.25) is 4.68 Å². The van der Waals surface area contributed by atoms with Gasteiger partial charge in [0.1, 0.15) is 0 Å². The molecule has 0 aliphatic carbocycles. The summed E-state index contributed by atoms with van der Waals surface area (Å²) < 4.78 is 7.34. The Hall–Kier alpha value is -0.870. The molecule has 0 bridgehead atoms. The van der Waals surface area contributed by atoms with Crippen LogP contribution in [0.1, 0.15) is 25.3 Å². The van der Waals surface area contributed by atoms with E-state index < -0.39 is 0 Å². The van der Waals surface area contributed by atoms with Gasteiger partial charge < -0.3 is 10.1 Å². The Kier molecular flexibility index (Phi) is 6.11. The van der Waals surface area contributed by atoms with Crippen molar-refractivity contribution in [1.29, 1.82) is 0 Å². The van der Waals surface area contributed by atoms with E-state index >= 15 is 0 Å². The van der Waals surface area contributed by atoms with Crippen LogP contribution >= 0.6 is 0 Å². The first-order valence-electron chi connectivity index (χ1n) is 5.98. The molecule has 1 heterocycles. The Morgan fingerprint density at radius 3 is 2.88 bits per heavy atom. The average Bonchev–Trinajstić information content (AvgIpc) is 2.68. The van der Waals surface area contributed by atoms with Gasteiger partial charge >= 0.3 is 0 Å². The molecule has 0 aliphatic rings. The number of aromatic nitrogens is 2. The van der Waals surface area contributed by atoms with E-state index in [1.165, 1.54) is 5.56 Å². The Bertz CT molecular complexity index is 286. The molecule has 1 unspecified atom stereocenters. The molecular weight excluding hydrogens is 202 g/mol. The van der Waals surface area contributed by atoms with E-state index in [9.17, 15) is 0 Å². The van der Waals surface area contributed by atoms with Gasteiger partial charge in [-0.25, -0.2) is 0 Å². The summed E-state index contributed by atoms with van der Waals surface area (Å²) in [7, 11) is 3.95. The molecule has 1 aromatic rings. The molecule has 4 nitrogen and oxygen atoms in total. The van der Waals surface area contributed by atoms with Crippen molar-refractivity contribution in [3.63, 3.8) is 0 Å². The lowest BCUT2D eigenvalue weighted by Crippen LogP contribution is -2.29. The number of ether oxygens (including phenoxy) is 1.